The van der Waals surface area contributed by atoms with Gasteiger partial charge in [-0.15, -0.1) is 0 Å². The molecule has 0 atom stereocenters. The Bertz CT molecular complexity index is 899. The summed E-state index contributed by atoms with van der Waals surface area (Å²) < 4.78 is 4.16. The normalized spacial score (nSPS) is 11.6. The lowest BCUT2D eigenvalue weighted by molar-refractivity contribution is 0.111. The standard InChI is InChI=1S/C15H10N2O/c18-10-11-7-8-15-13-6-3-9-16(13)12-4-1-2-5-14(12)17(11)15/h1-10H. The number of fused-ring (bicyclic) bond motifs is 6. The summed E-state index contributed by atoms with van der Waals surface area (Å²) >= 11 is 0. The second-order valence-corrected chi connectivity index (χ2v) is 4.35. The Morgan fingerprint density at radius 1 is 0.778 bits per heavy atom. The van der Waals surface area contributed by atoms with Crippen molar-refractivity contribution in [2.75, 3.05) is 0 Å². The molecule has 0 amide bonds. The summed E-state index contributed by atoms with van der Waals surface area (Å²) in [6, 6.07) is 16.0. The highest BCUT2D eigenvalue weighted by Crippen LogP contribution is 2.24. The Kier molecular flexibility index (Phi) is 1.70. The van der Waals surface area contributed by atoms with Crippen LogP contribution < -0.4 is 0 Å². The SMILES string of the molecule is O=Cc1ccc2c3cccn3c3ccccc3n12. The van der Waals surface area contributed by atoms with Gasteiger partial charge in [0.15, 0.2) is 6.29 Å². The predicted octanol–water partition coefficient (Wildman–Crippen LogP) is 3.16. The molecule has 0 aliphatic rings. The second kappa shape index (κ2) is 3.23. The molecule has 3 nitrogen and oxygen atoms in total. The first-order valence-electron chi connectivity index (χ1n) is 5.84. The maximum Gasteiger partial charge on any atom is 0.166 e. The lowest BCUT2D eigenvalue weighted by Gasteiger charge is -2.08. The molecule has 0 bridgehead atoms. The van der Waals surface area contributed by atoms with E-state index in [-0.39, 0.29) is 0 Å². The number of rotatable bonds is 1. The molecular formula is C15H10N2O. The van der Waals surface area contributed by atoms with Crippen LogP contribution in [0.3, 0.4) is 0 Å². The van der Waals surface area contributed by atoms with E-state index in [1.165, 1.54) is 0 Å². The van der Waals surface area contributed by atoms with E-state index in [1.807, 2.05) is 47.0 Å². The van der Waals surface area contributed by atoms with Gasteiger partial charge in [-0.1, -0.05) is 12.1 Å². The lowest BCUT2D eigenvalue weighted by Crippen LogP contribution is -1.97. The molecule has 4 aromatic rings. The first-order chi connectivity index (χ1) is 8.90. The molecule has 0 radical (unpaired) electrons. The molecule has 0 unspecified atom stereocenters. The van der Waals surface area contributed by atoms with E-state index < -0.39 is 0 Å². The van der Waals surface area contributed by atoms with Crippen molar-refractivity contribution in [3.8, 4) is 0 Å². The molecule has 4 rings (SSSR count). The van der Waals surface area contributed by atoms with Crippen LogP contribution in [-0.2, 0) is 0 Å². The largest absolute Gasteiger partial charge is 0.313 e. The van der Waals surface area contributed by atoms with Crippen LogP contribution in [0, 0.1) is 0 Å². The molecule has 1 aromatic carbocycles. The van der Waals surface area contributed by atoms with Gasteiger partial charge in [0, 0.05) is 6.20 Å². The third kappa shape index (κ3) is 1.01. The van der Waals surface area contributed by atoms with Gasteiger partial charge in [-0.05, 0) is 36.4 Å². The molecule has 3 aromatic heterocycles. The fraction of sp³-hybridized carbons (Fsp3) is 0. The maximum absolute atomic E-state index is 11.2. The van der Waals surface area contributed by atoms with E-state index in [4.69, 9.17) is 0 Å². The molecule has 0 spiro atoms. The molecule has 0 aliphatic heterocycles. The summed E-state index contributed by atoms with van der Waals surface area (Å²) in [6.45, 7) is 0. The summed E-state index contributed by atoms with van der Waals surface area (Å²) in [5.41, 5.74) is 5.00. The van der Waals surface area contributed by atoms with Crippen LogP contribution in [0.25, 0.3) is 22.1 Å². The van der Waals surface area contributed by atoms with Gasteiger partial charge in [0.05, 0.1) is 27.8 Å². The van der Waals surface area contributed by atoms with Crippen LogP contribution in [0.4, 0.5) is 0 Å². The molecule has 0 aliphatic carbocycles. The summed E-state index contributed by atoms with van der Waals surface area (Å²) in [7, 11) is 0. The van der Waals surface area contributed by atoms with Crippen molar-refractivity contribution in [3.05, 3.63) is 60.4 Å². The van der Waals surface area contributed by atoms with Gasteiger partial charge in [-0.25, -0.2) is 0 Å². The van der Waals surface area contributed by atoms with Crippen LogP contribution in [0.1, 0.15) is 10.5 Å². The highest BCUT2D eigenvalue weighted by Gasteiger charge is 2.10. The summed E-state index contributed by atoms with van der Waals surface area (Å²) in [5, 5.41) is 0. The van der Waals surface area contributed by atoms with Crippen LogP contribution in [-0.4, -0.2) is 15.1 Å². The van der Waals surface area contributed by atoms with Crippen molar-refractivity contribution in [3.63, 3.8) is 0 Å². The van der Waals surface area contributed by atoms with Crippen molar-refractivity contribution in [2.45, 2.75) is 0 Å². The Morgan fingerprint density at radius 3 is 2.22 bits per heavy atom. The van der Waals surface area contributed by atoms with Gasteiger partial charge in [0.1, 0.15) is 0 Å². The number of benzene rings is 1. The van der Waals surface area contributed by atoms with Crippen molar-refractivity contribution in [2.24, 2.45) is 0 Å². The van der Waals surface area contributed by atoms with Crippen molar-refractivity contribution < 1.29 is 4.79 Å². The molecule has 0 saturated heterocycles. The minimum Gasteiger partial charge on any atom is -0.313 e. The molecule has 86 valence electrons. The quantitative estimate of drug-likeness (QED) is 0.464. The Hall–Kier alpha value is -2.55. The third-order valence-corrected chi connectivity index (χ3v) is 3.43. The average molecular weight is 234 g/mol. The zero-order valence-corrected chi connectivity index (χ0v) is 9.58. The smallest absolute Gasteiger partial charge is 0.166 e. The number of hydrogen-bond acceptors (Lipinski definition) is 1. The highest BCUT2D eigenvalue weighted by atomic mass is 16.1. The van der Waals surface area contributed by atoms with E-state index in [2.05, 4.69) is 16.5 Å². The third-order valence-electron chi connectivity index (χ3n) is 3.43. The number of carbonyl (C=O) groups excluding carboxylic acids is 1. The van der Waals surface area contributed by atoms with Gasteiger partial charge >= 0.3 is 0 Å². The van der Waals surface area contributed by atoms with Crippen LogP contribution >= 0.6 is 0 Å². The van der Waals surface area contributed by atoms with E-state index in [0.29, 0.717) is 5.69 Å². The maximum atomic E-state index is 11.2. The Balaban J connectivity index is 2.46. The first kappa shape index (κ1) is 9.48. The van der Waals surface area contributed by atoms with E-state index in [1.54, 1.807) is 0 Å². The summed E-state index contributed by atoms with van der Waals surface area (Å²) in [6.07, 6.45) is 2.95. The molecule has 0 N–H and O–H groups in total. The van der Waals surface area contributed by atoms with Crippen molar-refractivity contribution in [1.82, 2.24) is 8.80 Å². The van der Waals surface area contributed by atoms with Crippen molar-refractivity contribution in [1.29, 1.82) is 0 Å². The monoisotopic (exact) mass is 234 g/mol. The van der Waals surface area contributed by atoms with Crippen LogP contribution in [0.2, 0.25) is 0 Å². The minimum absolute atomic E-state index is 0.685. The van der Waals surface area contributed by atoms with Gasteiger partial charge < -0.3 is 8.80 Å². The molecule has 3 heterocycles. The molecular weight excluding hydrogens is 224 g/mol. The topological polar surface area (TPSA) is 25.9 Å². The molecule has 0 fully saturated rings. The van der Waals surface area contributed by atoms with E-state index in [0.717, 1.165) is 28.4 Å². The van der Waals surface area contributed by atoms with Crippen LogP contribution in [0.5, 0.6) is 0 Å². The zero-order chi connectivity index (χ0) is 12.1. The number of para-hydroxylation sites is 2. The van der Waals surface area contributed by atoms with Crippen LogP contribution in [0.15, 0.2) is 54.7 Å². The number of carbonyl (C=O) groups is 1. The van der Waals surface area contributed by atoms with Crippen molar-refractivity contribution >= 4 is 28.4 Å². The van der Waals surface area contributed by atoms with Gasteiger partial charge in [0.2, 0.25) is 0 Å². The Morgan fingerprint density at radius 2 is 1.44 bits per heavy atom. The first-order valence-corrected chi connectivity index (χ1v) is 5.84. The summed E-state index contributed by atoms with van der Waals surface area (Å²) in [4.78, 5) is 11.2. The molecule has 3 heteroatoms. The second-order valence-electron chi connectivity index (χ2n) is 4.35. The van der Waals surface area contributed by atoms with E-state index >= 15 is 0 Å². The van der Waals surface area contributed by atoms with Gasteiger partial charge in [-0.3, -0.25) is 4.79 Å². The number of aromatic nitrogens is 2. The minimum atomic E-state index is 0.685. The summed E-state index contributed by atoms with van der Waals surface area (Å²) in [5.74, 6) is 0. The number of aldehydes is 1. The zero-order valence-electron chi connectivity index (χ0n) is 9.58. The fourth-order valence-electron chi connectivity index (χ4n) is 2.67. The average Bonchev–Trinajstić information content (AvgIpc) is 3.05. The predicted molar refractivity (Wildman–Crippen MR) is 71.2 cm³/mol. The van der Waals surface area contributed by atoms with Gasteiger partial charge in [0.25, 0.3) is 0 Å². The highest BCUT2D eigenvalue weighted by molar-refractivity contribution is 5.93. The molecule has 0 saturated carbocycles. The fourth-order valence-corrected chi connectivity index (χ4v) is 2.67. The van der Waals surface area contributed by atoms with E-state index in [9.17, 15) is 4.79 Å². The molecule has 18 heavy (non-hydrogen) atoms. The number of nitrogens with zero attached hydrogens (tertiary/aromatic N) is 2. The lowest BCUT2D eigenvalue weighted by atomic mass is 10.2. The Labute approximate surface area is 103 Å². The number of hydrogen-bond donors (Lipinski definition) is 0. The van der Waals surface area contributed by atoms with Gasteiger partial charge in [-0.2, -0.15) is 0 Å².